The van der Waals surface area contributed by atoms with E-state index < -0.39 is 17.7 Å². The van der Waals surface area contributed by atoms with Gasteiger partial charge in [-0.15, -0.1) is 0 Å². The standard InChI is InChI=1S/C19H23N3O4/c1-5-25-17(23)16-15-11-21(18(24)26-19(2,3)4)10-13-8-6-7-9-14(13)22(15)12-20-16/h6-9,12H,5,10-11H2,1-4H3. The molecule has 1 amide bonds. The van der Waals surface area contributed by atoms with Crippen LogP contribution in [0.2, 0.25) is 0 Å². The van der Waals surface area contributed by atoms with Crippen LogP contribution >= 0.6 is 0 Å². The number of hydrogen-bond acceptors (Lipinski definition) is 5. The number of esters is 1. The van der Waals surface area contributed by atoms with Gasteiger partial charge in [0.25, 0.3) is 0 Å². The summed E-state index contributed by atoms with van der Waals surface area (Å²) in [7, 11) is 0. The number of rotatable bonds is 2. The Bertz CT molecular complexity index is 836. The van der Waals surface area contributed by atoms with E-state index in [4.69, 9.17) is 9.47 Å². The average molecular weight is 357 g/mol. The molecule has 0 spiro atoms. The third-order valence-corrected chi connectivity index (χ3v) is 3.94. The Morgan fingerprint density at radius 2 is 1.92 bits per heavy atom. The van der Waals surface area contributed by atoms with Crippen LogP contribution in [0.25, 0.3) is 5.69 Å². The monoisotopic (exact) mass is 357 g/mol. The molecule has 0 unspecified atom stereocenters. The van der Waals surface area contributed by atoms with Crippen molar-refractivity contribution in [2.45, 2.75) is 46.4 Å². The predicted molar refractivity (Wildman–Crippen MR) is 95.0 cm³/mol. The number of imidazole rings is 1. The van der Waals surface area contributed by atoms with Crippen LogP contribution in [0.1, 0.15) is 49.4 Å². The largest absolute Gasteiger partial charge is 0.461 e. The van der Waals surface area contributed by atoms with Gasteiger partial charge < -0.3 is 14.0 Å². The predicted octanol–water partition coefficient (Wildman–Crippen LogP) is 3.30. The fourth-order valence-corrected chi connectivity index (χ4v) is 2.88. The molecule has 1 aliphatic rings. The highest BCUT2D eigenvalue weighted by atomic mass is 16.6. The third-order valence-electron chi connectivity index (χ3n) is 3.94. The summed E-state index contributed by atoms with van der Waals surface area (Å²) in [6, 6.07) is 7.72. The summed E-state index contributed by atoms with van der Waals surface area (Å²) in [6.07, 6.45) is 1.16. The first-order valence-electron chi connectivity index (χ1n) is 8.59. The van der Waals surface area contributed by atoms with Crippen LogP contribution in [0.5, 0.6) is 0 Å². The molecule has 1 aromatic carbocycles. The van der Waals surface area contributed by atoms with E-state index in [1.54, 1.807) is 18.2 Å². The highest BCUT2D eigenvalue weighted by Gasteiger charge is 2.30. The first-order chi connectivity index (χ1) is 12.3. The van der Waals surface area contributed by atoms with Crippen molar-refractivity contribution in [1.82, 2.24) is 14.5 Å². The first kappa shape index (κ1) is 18.0. The summed E-state index contributed by atoms with van der Waals surface area (Å²) in [5.41, 5.74) is 2.06. The number of nitrogens with zero attached hydrogens (tertiary/aromatic N) is 3. The second-order valence-corrected chi connectivity index (χ2v) is 7.10. The number of aromatic nitrogens is 2. The summed E-state index contributed by atoms with van der Waals surface area (Å²) in [6.45, 7) is 8.07. The number of benzene rings is 1. The molecule has 0 aliphatic carbocycles. The van der Waals surface area contributed by atoms with Crippen molar-refractivity contribution in [3.8, 4) is 5.69 Å². The Hall–Kier alpha value is -2.83. The lowest BCUT2D eigenvalue weighted by Crippen LogP contribution is -2.36. The second-order valence-electron chi connectivity index (χ2n) is 7.10. The molecule has 3 rings (SSSR count). The number of hydrogen-bond donors (Lipinski definition) is 0. The Labute approximate surface area is 152 Å². The Balaban J connectivity index is 2.05. The van der Waals surface area contributed by atoms with Gasteiger partial charge in [0.1, 0.15) is 11.9 Å². The molecule has 26 heavy (non-hydrogen) atoms. The number of fused-ring (bicyclic) bond motifs is 3. The molecule has 2 aromatic rings. The van der Waals surface area contributed by atoms with Gasteiger partial charge in [0, 0.05) is 0 Å². The van der Waals surface area contributed by atoms with Crippen LogP contribution < -0.4 is 0 Å². The minimum atomic E-state index is -0.604. The second kappa shape index (κ2) is 6.82. The van der Waals surface area contributed by atoms with Crippen LogP contribution in [0.15, 0.2) is 30.6 Å². The lowest BCUT2D eigenvalue weighted by molar-refractivity contribution is 0.0213. The minimum Gasteiger partial charge on any atom is -0.461 e. The smallest absolute Gasteiger partial charge is 0.410 e. The van der Waals surface area contributed by atoms with E-state index in [1.165, 1.54) is 0 Å². The molecule has 7 nitrogen and oxygen atoms in total. The number of amides is 1. The summed E-state index contributed by atoms with van der Waals surface area (Å²) in [5, 5.41) is 0. The number of ether oxygens (including phenoxy) is 2. The van der Waals surface area contributed by atoms with Gasteiger partial charge >= 0.3 is 12.1 Å². The van der Waals surface area contributed by atoms with Crippen molar-refractivity contribution in [3.05, 3.63) is 47.5 Å². The van der Waals surface area contributed by atoms with Crippen LogP contribution in [-0.2, 0) is 22.6 Å². The van der Waals surface area contributed by atoms with Crippen molar-refractivity contribution < 1.29 is 19.1 Å². The SMILES string of the molecule is CCOC(=O)c1ncn2c1CN(C(=O)OC(C)(C)C)Cc1ccccc1-2. The molecule has 138 valence electrons. The van der Waals surface area contributed by atoms with E-state index in [1.807, 2.05) is 49.6 Å². The maximum Gasteiger partial charge on any atom is 0.410 e. The van der Waals surface area contributed by atoms with E-state index in [9.17, 15) is 9.59 Å². The molecule has 0 atom stereocenters. The van der Waals surface area contributed by atoms with Crippen LogP contribution in [0.4, 0.5) is 4.79 Å². The fourth-order valence-electron chi connectivity index (χ4n) is 2.88. The molecular formula is C19H23N3O4. The number of para-hydroxylation sites is 1. The average Bonchev–Trinajstić information content (AvgIpc) is 2.89. The van der Waals surface area contributed by atoms with Crippen LogP contribution in [0.3, 0.4) is 0 Å². The van der Waals surface area contributed by atoms with Gasteiger partial charge in [-0.25, -0.2) is 14.6 Å². The molecule has 0 N–H and O–H groups in total. The molecule has 0 radical (unpaired) electrons. The van der Waals surface area contributed by atoms with Crippen molar-refractivity contribution in [2.75, 3.05) is 6.61 Å². The maximum atomic E-state index is 12.7. The summed E-state index contributed by atoms with van der Waals surface area (Å²) in [5.74, 6) is -0.496. The fraction of sp³-hybridized carbons (Fsp3) is 0.421. The van der Waals surface area contributed by atoms with E-state index in [0.717, 1.165) is 11.3 Å². The molecule has 1 aliphatic heterocycles. The topological polar surface area (TPSA) is 73.7 Å². The van der Waals surface area contributed by atoms with Crippen molar-refractivity contribution in [3.63, 3.8) is 0 Å². The molecule has 0 saturated heterocycles. The quantitative estimate of drug-likeness (QED) is 0.771. The molecule has 1 aromatic heterocycles. The van der Waals surface area contributed by atoms with E-state index in [0.29, 0.717) is 12.2 Å². The van der Waals surface area contributed by atoms with Gasteiger partial charge in [0.05, 0.1) is 31.1 Å². The lowest BCUT2D eigenvalue weighted by atomic mass is 10.1. The van der Waals surface area contributed by atoms with Gasteiger partial charge in [-0.2, -0.15) is 0 Å². The molecular weight excluding hydrogens is 334 g/mol. The summed E-state index contributed by atoms with van der Waals surface area (Å²) >= 11 is 0. The molecule has 0 fully saturated rings. The summed E-state index contributed by atoms with van der Waals surface area (Å²) in [4.78, 5) is 30.8. The van der Waals surface area contributed by atoms with Crippen LogP contribution in [-0.4, -0.2) is 38.7 Å². The van der Waals surface area contributed by atoms with Gasteiger partial charge in [-0.3, -0.25) is 4.90 Å². The van der Waals surface area contributed by atoms with Crippen molar-refractivity contribution in [2.24, 2.45) is 0 Å². The van der Waals surface area contributed by atoms with E-state index in [-0.39, 0.29) is 18.8 Å². The minimum absolute atomic E-state index is 0.206. The Morgan fingerprint density at radius 1 is 1.19 bits per heavy atom. The van der Waals surface area contributed by atoms with Gasteiger partial charge in [0.15, 0.2) is 5.69 Å². The van der Waals surface area contributed by atoms with E-state index in [2.05, 4.69) is 4.98 Å². The normalized spacial score (nSPS) is 13.5. The molecule has 2 heterocycles. The third kappa shape index (κ3) is 3.56. The Morgan fingerprint density at radius 3 is 2.62 bits per heavy atom. The van der Waals surface area contributed by atoms with E-state index >= 15 is 0 Å². The maximum absolute atomic E-state index is 12.7. The van der Waals surface area contributed by atoms with Gasteiger partial charge in [-0.1, -0.05) is 18.2 Å². The van der Waals surface area contributed by atoms with Crippen molar-refractivity contribution in [1.29, 1.82) is 0 Å². The summed E-state index contributed by atoms with van der Waals surface area (Å²) < 4.78 is 12.5. The molecule has 7 heteroatoms. The highest BCUT2D eigenvalue weighted by Crippen LogP contribution is 2.27. The molecule has 0 bridgehead atoms. The zero-order valence-corrected chi connectivity index (χ0v) is 15.5. The highest BCUT2D eigenvalue weighted by molar-refractivity contribution is 5.89. The first-order valence-corrected chi connectivity index (χ1v) is 8.59. The zero-order chi connectivity index (χ0) is 18.9. The number of carbonyl (C=O) groups is 2. The lowest BCUT2D eigenvalue weighted by Gasteiger charge is -2.26. The van der Waals surface area contributed by atoms with Crippen molar-refractivity contribution >= 4 is 12.1 Å². The number of carbonyl (C=O) groups excluding carboxylic acids is 2. The van der Waals surface area contributed by atoms with Crippen LogP contribution in [0, 0.1) is 0 Å². The van der Waals surface area contributed by atoms with Gasteiger partial charge in [-0.05, 0) is 39.3 Å². The molecule has 0 saturated carbocycles. The zero-order valence-electron chi connectivity index (χ0n) is 15.5. The van der Waals surface area contributed by atoms with Gasteiger partial charge in [0.2, 0.25) is 0 Å². The Kier molecular flexibility index (Phi) is 4.71.